The van der Waals surface area contributed by atoms with Crippen molar-refractivity contribution in [3.8, 4) is 0 Å². The number of carbonyl (C=O) groups is 1. The highest BCUT2D eigenvalue weighted by atomic mass is 16.2. The summed E-state index contributed by atoms with van der Waals surface area (Å²) in [6, 6.07) is 0.422. The van der Waals surface area contributed by atoms with Crippen LogP contribution in [0.3, 0.4) is 0 Å². The van der Waals surface area contributed by atoms with Crippen LogP contribution in [-0.4, -0.2) is 28.9 Å². The Morgan fingerprint density at radius 3 is 2.62 bits per heavy atom. The zero-order valence-corrected chi connectivity index (χ0v) is 10.5. The maximum absolute atomic E-state index is 12.5. The Labute approximate surface area is 98.4 Å². The summed E-state index contributed by atoms with van der Waals surface area (Å²) in [6.45, 7) is 5.14. The molecule has 3 unspecified atom stereocenters. The van der Waals surface area contributed by atoms with E-state index >= 15 is 0 Å². The van der Waals surface area contributed by atoms with E-state index in [9.17, 15) is 4.79 Å². The molecule has 3 atom stereocenters. The summed E-state index contributed by atoms with van der Waals surface area (Å²) < 4.78 is 0. The molecule has 2 N–H and O–H groups in total. The number of carbonyl (C=O) groups excluding carboxylic acids is 1. The van der Waals surface area contributed by atoms with Crippen LogP contribution >= 0.6 is 0 Å². The molecule has 2 rings (SSSR count). The monoisotopic (exact) mass is 224 g/mol. The van der Waals surface area contributed by atoms with Crippen molar-refractivity contribution >= 4 is 5.91 Å². The number of amides is 1. The second-order valence-corrected chi connectivity index (χ2v) is 5.83. The number of nitrogens with two attached hydrogens (primary N) is 1. The molecule has 0 aromatic rings. The van der Waals surface area contributed by atoms with Crippen LogP contribution in [0.4, 0.5) is 0 Å². The lowest BCUT2D eigenvalue weighted by molar-refractivity contribution is -0.139. The lowest BCUT2D eigenvalue weighted by Gasteiger charge is -2.40. The summed E-state index contributed by atoms with van der Waals surface area (Å²) in [5.74, 6) is 0.372. The Kier molecular flexibility index (Phi) is 3.24. The number of hydrogen-bond acceptors (Lipinski definition) is 2. The summed E-state index contributed by atoms with van der Waals surface area (Å²) in [5.41, 5.74) is 6.01. The molecule has 1 saturated heterocycles. The third-order valence-corrected chi connectivity index (χ3v) is 4.39. The van der Waals surface area contributed by atoms with E-state index in [1.54, 1.807) is 0 Å². The molecule has 3 nitrogen and oxygen atoms in total. The maximum Gasteiger partial charge on any atom is 0.227 e. The van der Waals surface area contributed by atoms with Gasteiger partial charge in [0.25, 0.3) is 0 Å². The van der Waals surface area contributed by atoms with Gasteiger partial charge in [0.2, 0.25) is 5.91 Å². The van der Waals surface area contributed by atoms with Crippen molar-refractivity contribution in [1.82, 2.24) is 4.90 Å². The average Bonchev–Trinajstić information content (AvgIpc) is 2.63. The van der Waals surface area contributed by atoms with Gasteiger partial charge < -0.3 is 10.6 Å². The molecule has 0 aromatic carbocycles. The molecule has 0 aromatic heterocycles. The molecule has 1 saturated carbocycles. The third kappa shape index (κ3) is 2.10. The first kappa shape index (κ1) is 11.9. The lowest BCUT2D eigenvalue weighted by atomic mass is 9.74. The molecule has 1 aliphatic heterocycles. The molecule has 2 fully saturated rings. The van der Waals surface area contributed by atoms with Crippen molar-refractivity contribution in [1.29, 1.82) is 0 Å². The lowest BCUT2D eigenvalue weighted by Crippen LogP contribution is -2.54. The Bertz CT molecular complexity index is 275. The van der Waals surface area contributed by atoms with E-state index in [4.69, 9.17) is 5.73 Å². The standard InChI is InChI=1S/C13H24N2O/c1-10-6-5-9-15(10)12(16)11-7-3-4-8-13(11,2)14/h10-11H,3-9,14H2,1-2H3. The Morgan fingerprint density at radius 2 is 2.06 bits per heavy atom. The van der Waals surface area contributed by atoms with E-state index in [2.05, 4.69) is 18.7 Å². The largest absolute Gasteiger partial charge is 0.340 e. The molecule has 2 aliphatic rings. The van der Waals surface area contributed by atoms with Gasteiger partial charge in [0.05, 0.1) is 5.92 Å². The first-order valence-electron chi connectivity index (χ1n) is 6.62. The van der Waals surface area contributed by atoms with Crippen LogP contribution in [0.25, 0.3) is 0 Å². The van der Waals surface area contributed by atoms with Gasteiger partial charge in [-0.15, -0.1) is 0 Å². The first-order valence-corrected chi connectivity index (χ1v) is 6.62. The molecule has 1 heterocycles. The summed E-state index contributed by atoms with van der Waals surface area (Å²) in [6.07, 6.45) is 6.61. The molecule has 92 valence electrons. The van der Waals surface area contributed by atoms with E-state index in [0.29, 0.717) is 11.9 Å². The van der Waals surface area contributed by atoms with Crippen molar-refractivity contribution in [2.75, 3.05) is 6.54 Å². The van der Waals surface area contributed by atoms with Crippen molar-refractivity contribution in [2.24, 2.45) is 11.7 Å². The van der Waals surface area contributed by atoms with Crippen LogP contribution in [0.1, 0.15) is 52.4 Å². The average molecular weight is 224 g/mol. The van der Waals surface area contributed by atoms with Gasteiger partial charge >= 0.3 is 0 Å². The number of hydrogen-bond donors (Lipinski definition) is 1. The predicted molar refractivity (Wildman–Crippen MR) is 65.0 cm³/mol. The normalized spacial score (nSPS) is 40.1. The van der Waals surface area contributed by atoms with Gasteiger partial charge in [-0.25, -0.2) is 0 Å². The van der Waals surface area contributed by atoms with Crippen LogP contribution in [0, 0.1) is 5.92 Å². The van der Waals surface area contributed by atoms with Gasteiger partial charge in [-0.05, 0) is 39.5 Å². The number of nitrogens with zero attached hydrogens (tertiary/aromatic N) is 1. The predicted octanol–water partition coefficient (Wildman–Crippen LogP) is 1.90. The van der Waals surface area contributed by atoms with E-state index < -0.39 is 0 Å². The summed E-state index contributed by atoms with van der Waals surface area (Å²) in [7, 11) is 0. The fraction of sp³-hybridized carbons (Fsp3) is 0.923. The Morgan fingerprint density at radius 1 is 1.31 bits per heavy atom. The van der Waals surface area contributed by atoms with Crippen LogP contribution in [0.5, 0.6) is 0 Å². The van der Waals surface area contributed by atoms with Crippen LogP contribution in [0.15, 0.2) is 0 Å². The highest BCUT2D eigenvalue weighted by molar-refractivity contribution is 5.81. The van der Waals surface area contributed by atoms with Crippen molar-refractivity contribution in [2.45, 2.75) is 64.0 Å². The molecule has 3 heteroatoms. The minimum Gasteiger partial charge on any atom is -0.340 e. The van der Waals surface area contributed by atoms with Crippen molar-refractivity contribution in [3.63, 3.8) is 0 Å². The van der Waals surface area contributed by atoms with Gasteiger partial charge in [-0.2, -0.15) is 0 Å². The molecule has 1 amide bonds. The fourth-order valence-electron chi connectivity index (χ4n) is 3.22. The number of rotatable bonds is 1. The molecular formula is C13H24N2O. The second-order valence-electron chi connectivity index (χ2n) is 5.83. The molecule has 0 radical (unpaired) electrons. The van der Waals surface area contributed by atoms with E-state index in [1.165, 1.54) is 6.42 Å². The minimum atomic E-state index is -0.280. The van der Waals surface area contributed by atoms with Gasteiger partial charge in [0.15, 0.2) is 0 Å². The molecule has 0 bridgehead atoms. The highest BCUT2D eigenvalue weighted by Crippen LogP contribution is 2.34. The SMILES string of the molecule is CC1CCCN1C(=O)C1CCCCC1(C)N. The number of likely N-dealkylation sites (tertiary alicyclic amines) is 1. The second kappa shape index (κ2) is 4.36. The van der Waals surface area contributed by atoms with Gasteiger partial charge in [0, 0.05) is 18.1 Å². The van der Waals surface area contributed by atoms with E-state index in [0.717, 1.165) is 38.6 Å². The topological polar surface area (TPSA) is 46.3 Å². The van der Waals surface area contributed by atoms with Crippen molar-refractivity contribution < 1.29 is 4.79 Å². The highest BCUT2D eigenvalue weighted by Gasteiger charge is 2.41. The summed E-state index contributed by atoms with van der Waals surface area (Å²) in [5, 5.41) is 0. The first-order chi connectivity index (χ1) is 7.52. The van der Waals surface area contributed by atoms with E-state index in [-0.39, 0.29) is 11.5 Å². The molecule has 1 aliphatic carbocycles. The van der Waals surface area contributed by atoms with Crippen LogP contribution in [0.2, 0.25) is 0 Å². The molecular weight excluding hydrogens is 200 g/mol. The zero-order valence-electron chi connectivity index (χ0n) is 10.5. The van der Waals surface area contributed by atoms with Gasteiger partial charge in [-0.1, -0.05) is 12.8 Å². The summed E-state index contributed by atoms with van der Waals surface area (Å²) >= 11 is 0. The molecule has 0 spiro atoms. The van der Waals surface area contributed by atoms with Crippen LogP contribution < -0.4 is 5.73 Å². The molecule has 16 heavy (non-hydrogen) atoms. The van der Waals surface area contributed by atoms with Gasteiger partial charge in [0.1, 0.15) is 0 Å². The Hall–Kier alpha value is -0.570. The smallest absolute Gasteiger partial charge is 0.227 e. The summed E-state index contributed by atoms with van der Waals surface area (Å²) in [4.78, 5) is 14.5. The van der Waals surface area contributed by atoms with E-state index in [1.807, 2.05) is 0 Å². The maximum atomic E-state index is 12.5. The quantitative estimate of drug-likeness (QED) is 0.739. The fourth-order valence-corrected chi connectivity index (χ4v) is 3.22. The van der Waals surface area contributed by atoms with Crippen LogP contribution in [-0.2, 0) is 4.79 Å². The Balaban J connectivity index is 2.08. The van der Waals surface area contributed by atoms with Crippen molar-refractivity contribution in [3.05, 3.63) is 0 Å². The zero-order chi connectivity index (χ0) is 11.8. The van der Waals surface area contributed by atoms with Gasteiger partial charge in [-0.3, -0.25) is 4.79 Å². The minimum absolute atomic E-state index is 0.0572. The third-order valence-electron chi connectivity index (χ3n) is 4.39.